The van der Waals surface area contributed by atoms with Crippen molar-refractivity contribution in [1.29, 1.82) is 0 Å². The summed E-state index contributed by atoms with van der Waals surface area (Å²) in [6.45, 7) is 2.13. The zero-order valence-electron chi connectivity index (χ0n) is 10.0. The molecule has 0 radical (unpaired) electrons. The average Bonchev–Trinajstić information content (AvgIpc) is 2.70. The third kappa shape index (κ3) is 3.24. The van der Waals surface area contributed by atoms with E-state index in [0.29, 0.717) is 5.75 Å². The lowest BCUT2D eigenvalue weighted by Gasteiger charge is -2.20. The van der Waals surface area contributed by atoms with Crippen molar-refractivity contribution in [3.05, 3.63) is 29.8 Å². The fraction of sp³-hybridized carbons (Fsp3) is 0.571. The smallest absolute Gasteiger partial charge is 0.115 e. The van der Waals surface area contributed by atoms with E-state index in [1.165, 1.54) is 37.8 Å². The molecule has 88 valence electrons. The Kier molecular flexibility index (Phi) is 3.83. The normalized spacial score (nSPS) is 17.1. The van der Waals surface area contributed by atoms with Crippen LogP contribution in [-0.4, -0.2) is 23.6 Å². The maximum absolute atomic E-state index is 9.39. The van der Waals surface area contributed by atoms with Gasteiger partial charge in [-0.15, -0.1) is 0 Å². The van der Waals surface area contributed by atoms with Gasteiger partial charge in [0.15, 0.2) is 0 Å². The Morgan fingerprint density at radius 3 is 2.75 bits per heavy atom. The summed E-state index contributed by atoms with van der Waals surface area (Å²) in [6, 6.07) is 7.56. The molecule has 1 aromatic carbocycles. The highest BCUT2D eigenvalue weighted by atomic mass is 16.3. The summed E-state index contributed by atoms with van der Waals surface area (Å²) in [6.07, 6.45) is 5.60. The summed E-state index contributed by atoms with van der Waals surface area (Å²) >= 11 is 0. The van der Waals surface area contributed by atoms with Crippen LogP contribution in [0.1, 0.15) is 31.2 Å². The molecular weight excluding hydrogens is 198 g/mol. The van der Waals surface area contributed by atoms with Crippen LogP contribution in [0.15, 0.2) is 24.3 Å². The molecule has 2 rings (SSSR count). The van der Waals surface area contributed by atoms with Crippen LogP contribution in [-0.2, 0) is 6.54 Å². The van der Waals surface area contributed by atoms with Crippen molar-refractivity contribution in [3.8, 4) is 5.75 Å². The first-order chi connectivity index (χ1) is 7.74. The zero-order chi connectivity index (χ0) is 11.4. The van der Waals surface area contributed by atoms with Gasteiger partial charge in [0.05, 0.1) is 0 Å². The van der Waals surface area contributed by atoms with E-state index in [-0.39, 0.29) is 0 Å². The minimum Gasteiger partial charge on any atom is -0.508 e. The molecule has 0 bridgehead atoms. The van der Waals surface area contributed by atoms with Gasteiger partial charge in [-0.25, -0.2) is 0 Å². The molecule has 0 unspecified atom stereocenters. The molecule has 1 saturated carbocycles. The molecule has 1 aromatic rings. The number of aromatic hydroxyl groups is 1. The molecule has 0 saturated heterocycles. The van der Waals surface area contributed by atoms with Crippen molar-refractivity contribution in [2.24, 2.45) is 5.92 Å². The molecule has 0 atom stereocenters. The van der Waals surface area contributed by atoms with Gasteiger partial charge in [0.2, 0.25) is 0 Å². The van der Waals surface area contributed by atoms with E-state index in [2.05, 4.69) is 18.0 Å². The molecule has 0 aromatic heterocycles. The second-order valence-corrected chi connectivity index (χ2v) is 5.02. The molecule has 0 heterocycles. The molecule has 1 fully saturated rings. The van der Waals surface area contributed by atoms with Crippen LogP contribution in [0.2, 0.25) is 0 Å². The first-order valence-electron chi connectivity index (χ1n) is 6.20. The Balaban J connectivity index is 1.84. The first-order valence-corrected chi connectivity index (χ1v) is 6.20. The monoisotopic (exact) mass is 219 g/mol. The fourth-order valence-electron chi connectivity index (χ4n) is 2.66. The standard InChI is InChI=1S/C14H21NO/c1-15(10-12-5-2-3-6-12)11-13-7-4-8-14(16)9-13/h4,7-9,12,16H,2-3,5-6,10-11H2,1H3. The molecule has 0 aliphatic heterocycles. The third-order valence-electron chi connectivity index (χ3n) is 3.41. The van der Waals surface area contributed by atoms with Crippen LogP contribution in [0.3, 0.4) is 0 Å². The van der Waals surface area contributed by atoms with Crippen LogP contribution in [0.5, 0.6) is 5.75 Å². The minimum absolute atomic E-state index is 0.367. The number of hydrogen-bond acceptors (Lipinski definition) is 2. The molecule has 2 heteroatoms. The molecule has 16 heavy (non-hydrogen) atoms. The molecule has 1 aliphatic rings. The molecule has 1 N–H and O–H groups in total. The van der Waals surface area contributed by atoms with Gasteiger partial charge < -0.3 is 10.0 Å². The van der Waals surface area contributed by atoms with Gasteiger partial charge in [-0.05, 0) is 43.5 Å². The van der Waals surface area contributed by atoms with Gasteiger partial charge in [0, 0.05) is 13.1 Å². The van der Waals surface area contributed by atoms with Crippen molar-refractivity contribution in [3.63, 3.8) is 0 Å². The molecule has 2 nitrogen and oxygen atoms in total. The lowest BCUT2D eigenvalue weighted by atomic mass is 10.1. The maximum atomic E-state index is 9.39. The zero-order valence-corrected chi connectivity index (χ0v) is 10.0. The van der Waals surface area contributed by atoms with E-state index in [9.17, 15) is 5.11 Å². The van der Waals surface area contributed by atoms with Crippen LogP contribution in [0, 0.1) is 5.92 Å². The van der Waals surface area contributed by atoms with Gasteiger partial charge in [-0.2, -0.15) is 0 Å². The Morgan fingerprint density at radius 1 is 1.31 bits per heavy atom. The van der Waals surface area contributed by atoms with E-state index in [4.69, 9.17) is 0 Å². The Morgan fingerprint density at radius 2 is 2.06 bits per heavy atom. The summed E-state index contributed by atoms with van der Waals surface area (Å²) in [5.41, 5.74) is 1.19. The first kappa shape index (κ1) is 11.5. The summed E-state index contributed by atoms with van der Waals surface area (Å²) in [5.74, 6) is 1.26. The fourth-order valence-corrected chi connectivity index (χ4v) is 2.66. The quantitative estimate of drug-likeness (QED) is 0.841. The summed E-state index contributed by atoms with van der Waals surface area (Å²) in [7, 11) is 2.17. The van der Waals surface area contributed by atoms with Crippen molar-refractivity contribution in [2.75, 3.05) is 13.6 Å². The van der Waals surface area contributed by atoms with E-state index in [0.717, 1.165) is 12.5 Å². The topological polar surface area (TPSA) is 23.5 Å². The van der Waals surface area contributed by atoms with E-state index < -0.39 is 0 Å². The summed E-state index contributed by atoms with van der Waals surface area (Å²) < 4.78 is 0. The van der Waals surface area contributed by atoms with Crippen LogP contribution >= 0.6 is 0 Å². The van der Waals surface area contributed by atoms with Crippen LogP contribution < -0.4 is 0 Å². The van der Waals surface area contributed by atoms with Crippen molar-refractivity contribution in [2.45, 2.75) is 32.2 Å². The number of hydrogen-bond donors (Lipinski definition) is 1. The largest absolute Gasteiger partial charge is 0.508 e. The molecule has 1 aliphatic carbocycles. The molecule has 0 spiro atoms. The van der Waals surface area contributed by atoms with Crippen LogP contribution in [0.4, 0.5) is 0 Å². The van der Waals surface area contributed by atoms with Crippen LogP contribution in [0.25, 0.3) is 0 Å². The Hall–Kier alpha value is -1.02. The van der Waals surface area contributed by atoms with Gasteiger partial charge in [0.25, 0.3) is 0 Å². The summed E-state index contributed by atoms with van der Waals surface area (Å²) in [4.78, 5) is 2.37. The van der Waals surface area contributed by atoms with Crippen molar-refractivity contribution < 1.29 is 5.11 Å². The highest BCUT2D eigenvalue weighted by molar-refractivity contribution is 5.26. The molecular formula is C14H21NO. The number of nitrogens with zero attached hydrogens (tertiary/aromatic N) is 1. The number of phenolic OH excluding ortho intramolecular Hbond substituents is 1. The maximum Gasteiger partial charge on any atom is 0.115 e. The van der Waals surface area contributed by atoms with E-state index >= 15 is 0 Å². The number of rotatable bonds is 4. The van der Waals surface area contributed by atoms with Gasteiger partial charge >= 0.3 is 0 Å². The summed E-state index contributed by atoms with van der Waals surface area (Å²) in [5, 5.41) is 9.39. The minimum atomic E-state index is 0.367. The van der Waals surface area contributed by atoms with Gasteiger partial charge in [0.1, 0.15) is 5.75 Å². The van der Waals surface area contributed by atoms with Gasteiger partial charge in [-0.1, -0.05) is 25.0 Å². The predicted octanol–water partition coefficient (Wildman–Crippen LogP) is 3.01. The molecule has 0 amide bonds. The number of benzene rings is 1. The van der Waals surface area contributed by atoms with Gasteiger partial charge in [-0.3, -0.25) is 0 Å². The van der Waals surface area contributed by atoms with E-state index in [1.54, 1.807) is 6.07 Å². The Labute approximate surface area is 97.9 Å². The SMILES string of the molecule is CN(Cc1cccc(O)c1)CC1CCCC1. The third-order valence-corrected chi connectivity index (χ3v) is 3.41. The van der Waals surface area contributed by atoms with Crippen molar-refractivity contribution >= 4 is 0 Å². The lowest BCUT2D eigenvalue weighted by molar-refractivity contribution is 0.271. The predicted molar refractivity (Wildman–Crippen MR) is 66.4 cm³/mol. The second kappa shape index (κ2) is 5.35. The average molecular weight is 219 g/mol. The number of phenols is 1. The lowest BCUT2D eigenvalue weighted by Crippen LogP contribution is -2.23. The second-order valence-electron chi connectivity index (χ2n) is 5.02. The Bertz CT molecular complexity index is 331. The highest BCUT2D eigenvalue weighted by Crippen LogP contribution is 2.25. The highest BCUT2D eigenvalue weighted by Gasteiger charge is 2.16. The van der Waals surface area contributed by atoms with E-state index in [1.807, 2.05) is 12.1 Å². The van der Waals surface area contributed by atoms with Crippen molar-refractivity contribution in [1.82, 2.24) is 4.90 Å².